The zero-order chi connectivity index (χ0) is 10.4. The van der Waals surface area contributed by atoms with E-state index in [9.17, 15) is 4.79 Å². The fourth-order valence-electron chi connectivity index (χ4n) is 0.959. The topological polar surface area (TPSA) is 49.3 Å². The fourth-order valence-corrected chi connectivity index (χ4v) is 1.20. The number of rotatable bonds is 4. The summed E-state index contributed by atoms with van der Waals surface area (Å²) in [5, 5.41) is 12.0. The van der Waals surface area contributed by atoms with Crippen LogP contribution in [0.25, 0.3) is 0 Å². The second-order valence-corrected chi connectivity index (χ2v) is 3.17. The molecule has 14 heavy (non-hydrogen) atoms. The van der Waals surface area contributed by atoms with Gasteiger partial charge < -0.3 is 15.2 Å². The van der Waals surface area contributed by atoms with Crippen LogP contribution in [-0.4, -0.2) is 22.9 Å². The van der Waals surface area contributed by atoms with E-state index in [1.165, 1.54) is 0 Å². The summed E-state index contributed by atoms with van der Waals surface area (Å²) in [5.74, 6) is 0.212. The number of phenols is 1. The molecular weight excluding hydrogens is 198 g/mol. The Balaban J connectivity index is 2.52. The van der Waals surface area contributed by atoms with Crippen molar-refractivity contribution >= 4 is 23.5 Å². The molecule has 74 valence electrons. The molecule has 0 aliphatic carbocycles. The van der Waals surface area contributed by atoms with Crippen LogP contribution >= 0.6 is 12.2 Å². The van der Waals surface area contributed by atoms with E-state index >= 15 is 0 Å². The van der Waals surface area contributed by atoms with E-state index in [4.69, 9.17) is 17.3 Å². The van der Waals surface area contributed by atoms with Gasteiger partial charge in [-0.3, -0.25) is 0 Å². The van der Waals surface area contributed by atoms with Gasteiger partial charge in [-0.2, -0.15) is 0 Å². The van der Waals surface area contributed by atoms with Crippen LogP contribution in [0.5, 0.6) is 5.75 Å². The minimum Gasteiger partial charge on any atom is -0.508 e. The summed E-state index contributed by atoms with van der Waals surface area (Å²) in [5.41, 5.74) is 0.837. The molecule has 0 saturated carbocycles. The molecule has 1 rings (SSSR count). The maximum absolute atomic E-state index is 10.1. The average molecular weight is 209 g/mol. The summed E-state index contributed by atoms with van der Waals surface area (Å²) in [7, 11) is 0. The molecular formula is C10H11NO2S. The number of aromatic hydroxyl groups is 1. The molecule has 0 heterocycles. The van der Waals surface area contributed by atoms with Gasteiger partial charge in [0.25, 0.3) is 0 Å². The van der Waals surface area contributed by atoms with Crippen molar-refractivity contribution in [2.45, 2.75) is 6.42 Å². The molecule has 0 aromatic heterocycles. The number of phenolic OH excluding ortho intramolecular Hbond substituents is 1. The van der Waals surface area contributed by atoms with Gasteiger partial charge in [0.05, 0.1) is 0 Å². The number of carbonyl (C=O) groups is 1. The molecule has 0 radical (unpaired) electrons. The van der Waals surface area contributed by atoms with E-state index in [-0.39, 0.29) is 5.75 Å². The predicted octanol–water partition coefficient (Wildman–Crippen LogP) is 1.25. The summed E-state index contributed by atoms with van der Waals surface area (Å²) >= 11 is 5.07. The molecule has 4 heteroatoms. The largest absolute Gasteiger partial charge is 0.508 e. The lowest BCUT2D eigenvalue weighted by Crippen LogP contribution is -2.23. The van der Waals surface area contributed by atoms with Crippen LogP contribution in [0.3, 0.4) is 0 Å². The van der Waals surface area contributed by atoms with Gasteiger partial charge in [-0.25, -0.2) is 0 Å². The molecule has 2 N–H and O–H groups in total. The van der Waals surface area contributed by atoms with Gasteiger partial charge in [0.2, 0.25) is 0 Å². The minimum atomic E-state index is 0.212. The molecule has 1 aromatic carbocycles. The number of carbonyl (C=O) groups excluding carboxylic acids is 1. The highest BCUT2D eigenvalue weighted by Crippen LogP contribution is 2.09. The Hall–Kier alpha value is -1.42. The highest BCUT2D eigenvalue weighted by molar-refractivity contribution is 7.80. The number of aldehydes is 1. The standard InChI is InChI=1S/C10H11NO2S/c12-7-1-6-11-10(14)8-2-4-9(13)5-3-8/h2-5,7,13H,1,6H2,(H,11,14). The minimum absolute atomic E-state index is 0.212. The Morgan fingerprint density at radius 1 is 1.43 bits per heavy atom. The zero-order valence-corrected chi connectivity index (χ0v) is 8.38. The third-order valence-corrected chi connectivity index (χ3v) is 2.06. The van der Waals surface area contributed by atoms with Gasteiger partial charge in [0.15, 0.2) is 0 Å². The van der Waals surface area contributed by atoms with E-state index in [1.54, 1.807) is 24.3 Å². The Morgan fingerprint density at radius 3 is 2.64 bits per heavy atom. The Bertz CT molecular complexity index is 321. The monoisotopic (exact) mass is 209 g/mol. The van der Waals surface area contributed by atoms with E-state index in [1.807, 2.05) is 0 Å². The maximum Gasteiger partial charge on any atom is 0.121 e. The molecule has 0 spiro atoms. The van der Waals surface area contributed by atoms with Crippen molar-refractivity contribution < 1.29 is 9.90 Å². The van der Waals surface area contributed by atoms with Crippen LogP contribution in [0, 0.1) is 0 Å². The van der Waals surface area contributed by atoms with Gasteiger partial charge in [0.1, 0.15) is 17.0 Å². The van der Waals surface area contributed by atoms with E-state index < -0.39 is 0 Å². The smallest absolute Gasteiger partial charge is 0.121 e. The van der Waals surface area contributed by atoms with Crippen LogP contribution in [0.1, 0.15) is 12.0 Å². The summed E-state index contributed by atoms with van der Waals surface area (Å²) < 4.78 is 0. The molecule has 0 atom stereocenters. The van der Waals surface area contributed by atoms with Crippen LogP contribution in [-0.2, 0) is 4.79 Å². The summed E-state index contributed by atoms with van der Waals surface area (Å²) in [6, 6.07) is 6.60. The van der Waals surface area contributed by atoms with Gasteiger partial charge in [-0.15, -0.1) is 0 Å². The van der Waals surface area contributed by atoms with Crippen molar-refractivity contribution in [3.63, 3.8) is 0 Å². The van der Waals surface area contributed by atoms with E-state index in [0.29, 0.717) is 18.0 Å². The van der Waals surface area contributed by atoms with Gasteiger partial charge in [0, 0.05) is 18.5 Å². The highest BCUT2D eigenvalue weighted by Gasteiger charge is 1.99. The van der Waals surface area contributed by atoms with Crippen LogP contribution in [0.2, 0.25) is 0 Å². The van der Waals surface area contributed by atoms with Crippen LogP contribution in [0.4, 0.5) is 0 Å². The maximum atomic E-state index is 10.1. The van der Waals surface area contributed by atoms with Crippen LogP contribution in [0.15, 0.2) is 24.3 Å². The third kappa shape index (κ3) is 3.14. The molecule has 0 aliphatic heterocycles. The van der Waals surface area contributed by atoms with Gasteiger partial charge >= 0.3 is 0 Å². The normalized spacial score (nSPS) is 9.43. The number of benzene rings is 1. The van der Waals surface area contributed by atoms with Crippen LogP contribution < -0.4 is 5.32 Å². The first-order valence-corrected chi connectivity index (χ1v) is 4.65. The molecule has 0 fully saturated rings. The van der Waals surface area contributed by atoms with Crippen molar-refractivity contribution in [1.82, 2.24) is 5.32 Å². The molecule has 0 bridgehead atoms. The Kier molecular flexibility index (Phi) is 4.07. The number of thiocarbonyl (C=S) groups is 1. The predicted molar refractivity (Wildman–Crippen MR) is 58.5 cm³/mol. The fraction of sp³-hybridized carbons (Fsp3) is 0.200. The molecule has 0 saturated heterocycles. The third-order valence-electron chi connectivity index (χ3n) is 1.68. The second kappa shape index (κ2) is 5.34. The first kappa shape index (κ1) is 10.7. The van der Waals surface area contributed by atoms with Crippen molar-refractivity contribution in [2.24, 2.45) is 0 Å². The molecule has 0 unspecified atom stereocenters. The molecule has 0 amide bonds. The van der Waals surface area contributed by atoms with Crippen molar-refractivity contribution in [2.75, 3.05) is 6.54 Å². The lowest BCUT2D eigenvalue weighted by Gasteiger charge is -2.05. The van der Waals surface area contributed by atoms with Gasteiger partial charge in [-0.05, 0) is 24.3 Å². The first-order chi connectivity index (χ1) is 6.74. The number of hydrogen-bond donors (Lipinski definition) is 2. The Labute approximate surface area is 87.8 Å². The van der Waals surface area contributed by atoms with E-state index in [0.717, 1.165) is 11.8 Å². The van der Waals surface area contributed by atoms with Gasteiger partial charge in [-0.1, -0.05) is 12.2 Å². The summed E-state index contributed by atoms with van der Waals surface area (Å²) in [6.07, 6.45) is 1.28. The lowest BCUT2D eigenvalue weighted by molar-refractivity contribution is -0.107. The zero-order valence-electron chi connectivity index (χ0n) is 7.56. The molecule has 0 aliphatic rings. The Morgan fingerprint density at radius 2 is 2.07 bits per heavy atom. The summed E-state index contributed by atoms with van der Waals surface area (Å²) in [6.45, 7) is 0.545. The molecule has 3 nitrogen and oxygen atoms in total. The van der Waals surface area contributed by atoms with E-state index in [2.05, 4.69) is 5.32 Å². The quantitative estimate of drug-likeness (QED) is 0.445. The number of nitrogens with one attached hydrogen (secondary N) is 1. The second-order valence-electron chi connectivity index (χ2n) is 2.76. The SMILES string of the molecule is O=CCCNC(=S)c1ccc(O)cc1. The van der Waals surface area contributed by atoms with Crippen molar-refractivity contribution in [1.29, 1.82) is 0 Å². The lowest BCUT2D eigenvalue weighted by atomic mass is 10.2. The average Bonchev–Trinajstić information content (AvgIpc) is 2.19. The number of hydrogen-bond acceptors (Lipinski definition) is 3. The first-order valence-electron chi connectivity index (χ1n) is 4.25. The highest BCUT2D eigenvalue weighted by atomic mass is 32.1. The van der Waals surface area contributed by atoms with Crippen molar-refractivity contribution in [3.05, 3.63) is 29.8 Å². The summed E-state index contributed by atoms with van der Waals surface area (Å²) in [4.78, 5) is 10.6. The molecule has 1 aromatic rings. The van der Waals surface area contributed by atoms with Crippen molar-refractivity contribution in [3.8, 4) is 5.75 Å².